The summed E-state index contributed by atoms with van der Waals surface area (Å²) in [5.74, 6) is 0.311. The van der Waals surface area contributed by atoms with Crippen LogP contribution in [-0.2, 0) is 19.6 Å². The second-order valence-corrected chi connectivity index (χ2v) is 5.78. The van der Waals surface area contributed by atoms with Gasteiger partial charge in [-0.3, -0.25) is 4.90 Å². The van der Waals surface area contributed by atoms with E-state index in [2.05, 4.69) is 53.4 Å². The van der Waals surface area contributed by atoms with E-state index in [9.17, 15) is 5.11 Å². The molecule has 0 aliphatic rings. The minimum Gasteiger partial charge on any atom is -0.508 e. The van der Waals surface area contributed by atoms with Gasteiger partial charge in [-0.2, -0.15) is 0 Å². The van der Waals surface area contributed by atoms with Crippen molar-refractivity contribution in [3.8, 4) is 5.75 Å². The average molecular weight is 303 g/mol. The van der Waals surface area contributed by atoms with E-state index in [0.29, 0.717) is 5.75 Å². The van der Waals surface area contributed by atoms with Gasteiger partial charge in [-0.15, -0.1) is 0 Å². The summed E-state index contributed by atoms with van der Waals surface area (Å²) < 4.78 is 0. The Morgan fingerprint density at radius 3 is 1.35 bits per heavy atom. The zero-order valence-electron chi connectivity index (χ0n) is 13.1. The number of rotatable bonds is 6. The lowest BCUT2D eigenvalue weighted by Gasteiger charge is -2.23. The highest BCUT2D eigenvalue weighted by atomic mass is 16.3. The van der Waals surface area contributed by atoms with Crippen LogP contribution in [0.15, 0.2) is 84.9 Å². The van der Waals surface area contributed by atoms with Crippen molar-refractivity contribution in [1.82, 2.24) is 4.90 Å². The molecule has 1 N–H and O–H groups in total. The standard InChI is InChI=1S/C21H21NO/c23-21-13-11-20(12-14-21)17-22(15-18-7-3-1-4-8-18)16-19-9-5-2-6-10-19/h1-14,23H,15-17H2. The Kier molecular flexibility index (Phi) is 5.07. The largest absolute Gasteiger partial charge is 0.508 e. The Hall–Kier alpha value is -2.58. The Balaban J connectivity index is 1.76. The molecule has 3 rings (SSSR count). The summed E-state index contributed by atoms with van der Waals surface area (Å²) in [5.41, 5.74) is 3.82. The summed E-state index contributed by atoms with van der Waals surface area (Å²) in [6, 6.07) is 28.5. The van der Waals surface area contributed by atoms with Crippen molar-refractivity contribution in [1.29, 1.82) is 0 Å². The fourth-order valence-electron chi connectivity index (χ4n) is 2.71. The topological polar surface area (TPSA) is 23.5 Å². The number of hydrogen-bond acceptors (Lipinski definition) is 2. The molecule has 0 amide bonds. The average Bonchev–Trinajstić information content (AvgIpc) is 2.59. The van der Waals surface area contributed by atoms with Crippen molar-refractivity contribution < 1.29 is 5.11 Å². The third kappa shape index (κ3) is 4.70. The van der Waals surface area contributed by atoms with E-state index in [0.717, 1.165) is 19.6 Å². The molecule has 2 heteroatoms. The van der Waals surface area contributed by atoms with Crippen LogP contribution in [0.2, 0.25) is 0 Å². The van der Waals surface area contributed by atoms with Gasteiger partial charge >= 0.3 is 0 Å². The second-order valence-electron chi connectivity index (χ2n) is 5.78. The molecule has 3 aromatic rings. The molecular formula is C21H21NO. The minimum absolute atomic E-state index is 0.311. The quantitative estimate of drug-likeness (QED) is 0.719. The highest BCUT2D eigenvalue weighted by Gasteiger charge is 2.08. The van der Waals surface area contributed by atoms with Crippen LogP contribution in [0.5, 0.6) is 5.75 Å². The van der Waals surface area contributed by atoms with Gasteiger partial charge in [0.2, 0.25) is 0 Å². The Bertz CT molecular complexity index is 666. The first-order chi connectivity index (χ1) is 11.3. The third-order valence-corrected chi connectivity index (χ3v) is 3.84. The number of aromatic hydroxyl groups is 1. The number of phenolic OH excluding ortho intramolecular Hbond substituents is 1. The predicted octanol–water partition coefficient (Wildman–Crippen LogP) is 4.59. The number of hydrogen-bond donors (Lipinski definition) is 1. The van der Waals surface area contributed by atoms with Crippen molar-refractivity contribution in [2.24, 2.45) is 0 Å². The molecule has 0 radical (unpaired) electrons. The predicted molar refractivity (Wildman–Crippen MR) is 93.9 cm³/mol. The third-order valence-electron chi connectivity index (χ3n) is 3.84. The molecule has 23 heavy (non-hydrogen) atoms. The molecule has 0 aliphatic heterocycles. The van der Waals surface area contributed by atoms with Crippen LogP contribution in [0.4, 0.5) is 0 Å². The van der Waals surface area contributed by atoms with E-state index in [4.69, 9.17) is 0 Å². The van der Waals surface area contributed by atoms with Crippen LogP contribution in [0.25, 0.3) is 0 Å². The molecule has 0 aromatic heterocycles. The van der Waals surface area contributed by atoms with Gasteiger partial charge < -0.3 is 5.11 Å². The summed E-state index contributed by atoms with van der Waals surface area (Å²) in [6.07, 6.45) is 0. The lowest BCUT2D eigenvalue weighted by Crippen LogP contribution is -2.22. The summed E-state index contributed by atoms with van der Waals surface area (Å²) >= 11 is 0. The summed E-state index contributed by atoms with van der Waals surface area (Å²) in [7, 11) is 0. The highest BCUT2D eigenvalue weighted by molar-refractivity contribution is 5.26. The molecule has 0 saturated heterocycles. The summed E-state index contributed by atoms with van der Waals surface area (Å²) in [5, 5.41) is 9.45. The maximum absolute atomic E-state index is 9.45. The van der Waals surface area contributed by atoms with Gasteiger partial charge in [-0.05, 0) is 28.8 Å². The van der Waals surface area contributed by atoms with Gasteiger partial charge in [0.1, 0.15) is 5.75 Å². The normalized spacial score (nSPS) is 10.8. The van der Waals surface area contributed by atoms with Crippen LogP contribution in [0.1, 0.15) is 16.7 Å². The van der Waals surface area contributed by atoms with Crippen LogP contribution in [0.3, 0.4) is 0 Å². The van der Waals surface area contributed by atoms with Gasteiger partial charge in [0.25, 0.3) is 0 Å². The van der Waals surface area contributed by atoms with Crippen LogP contribution in [0, 0.1) is 0 Å². The molecule has 0 atom stereocenters. The van der Waals surface area contributed by atoms with E-state index < -0.39 is 0 Å². The molecule has 0 heterocycles. The SMILES string of the molecule is Oc1ccc(CN(Cc2ccccc2)Cc2ccccc2)cc1. The Morgan fingerprint density at radius 1 is 0.522 bits per heavy atom. The van der Waals surface area contributed by atoms with Gasteiger partial charge in [0.05, 0.1) is 0 Å². The van der Waals surface area contributed by atoms with Gasteiger partial charge in [-0.25, -0.2) is 0 Å². The van der Waals surface area contributed by atoms with Gasteiger partial charge in [0, 0.05) is 19.6 Å². The van der Waals surface area contributed by atoms with Crippen LogP contribution >= 0.6 is 0 Å². The maximum atomic E-state index is 9.45. The lowest BCUT2D eigenvalue weighted by molar-refractivity contribution is 0.247. The number of benzene rings is 3. The van der Waals surface area contributed by atoms with Crippen molar-refractivity contribution in [2.45, 2.75) is 19.6 Å². The molecule has 116 valence electrons. The maximum Gasteiger partial charge on any atom is 0.115 e. The number of phenols is 1. The van der Waals surface area contributed by atoms with E-state index in [1.807, 2.05) is 24.3 Å². The first-order valence-electron chi connectivity index (χ1n) is 7.88. The molecule has 3 aromatic carbocycles. The minimum atomic E-state index is 0.311. The molecule has 0 aliphatic carbocycles. The van der Waals surface area contributed by atoms with E-state index in [1.54, 1.807) is 12.1 Å². The smallest absolute Gasteiger partial charge is 0.115 e. The van der Waals surface area contributed by atoms with Crippen molar-refractivity contribution in [2.75, 3.05) is 0 Å². The zero-order valence-corrected chi connectivity index (χ0v) is 13.1. The first kappa shape index (κ1) is 15.3. The molecule has 2 nitrogen and oxygen atoms in total. The summed E-state index contributed by atoms with van der Waals surface area (Å²) in [6.45, 7) is 2.65. The van der Waals surface area contributed by atoms with Crippen molar-refractivity contribution >= 4 is 0 Å². The molecule has 0 unspecified atom stereocenters. The molecule has 0 saturated carbocycles. The lowest BCUT2D eigenvalue weighted by atomic mass is 10.1. The van der Waals surface area contributed by atoms with E-state index in [1.165, 1.54) is 16.7 Å². The van der Waals surface area contributed by atoms with Gasteiger partial charge in [0.15, 0.2) is 0 Å². The molecule has 0 bridgehead atoms. The van der Waals surface area contributed by atoms with Gasteiger partial charge in [-0.1, -0.05) is 72.8 Å². The fourth-order valence-corrected chi connectivity index (χ4v) is 2.71. The Labute approximate surface area is 137 Å². The van der Waals surface area contributed by atoms with E-state index >= 15 is 0 Å². The molecule has 0 fully saturated rings. The van der Waals surface area contributed by atoms with Crippen molar-refractivity contribution in [3.63, 3.8) is 0 Å². The highest BCUT2D eigenvalue weighted by Crippen LogP contribution is 2.16. The first-order valence-corrected chi connectivity index (χ1v) is 7.88. The van der Waals surface area contributed by atoms with Crippen LogP contribution < -0.4 is 0 Å². The monoisotopic (exact) mass is 303 g/mol. The number of nitrogens with zero attached hydrogens (tertiary/aromatic N) is 1. The summed E-state index contributed by atoms with van der Waals surface area (Å²) in [4.78, 5) is 2.41. The fraction of sp³-hybridized carbons (Fsp3) is 0.143. The van der Waals surface area contributed by atoms with Crippen LogP contribution in [-0.4, -0.2) is 10.0 Å². The van der Waals surface area contributed by atoms with E-state index in [-0.39, 0.29) is 0 Å². The molecule has 0 spiro atoms. The Morgan fingerprint density at radius 2 is 0.913 bits per heavy atom. The second kappa shape index (κ2) is 7.61. The van der Waals surface area contributed by atoms with Crippen molar-refractivity contribution in [3.05, 3.63) is 102 Å². The zero-order chi connectivity index (χ0) is 15.9. The molecular weight excluding hydrogens is 282 g/mol.